The summed E-state index contributed by atoms with van der Waals surface area (Å²) in [7, 11) is -9.00. The molecule has 0 aliphatic heterocycles. The number of para-hydroxylation sites is 2. The number of carbonyl (C=O) groups is 3. The molecule has 0 aliphatic rings. The van der Waals surface area contributed by atoms with Gasteiger partial charge in [0.15, 0.2) is 6.54 Å². The molecule has 0 radical (unpaired) electrons. The number of aryl methyl sites for hydroxylation is 2. The van der Waals surface area contributed by atoms with Crippen molar-refractivity contribution in [3.05, 3.63) is 113 Å². The minimum Gasteiger partial charge on any atom is -0.748 e. The van der Waals surface area contributed by atoms with E-state index in [-0.39, 0.29) is 49.2 Å². The van der Waals surface area contributed by atoms with Crippen molar-refractivity contribution in [1.82, 2.24) is 9.62 Å². The summed E-state index contributed by atoms with van der Waals surface area (Å²) in [6.07, 6.45) is -0.0279. The maximum Gasteiger partial charge on any atom is 0.311 e. The van der Waals surface area contributed by atoms with Gasteiger partial charge in [-0.05, 0) is 50.5 Å². The number of benzene rings is 4. The number of esters is 1. The summed E-state index contributed by atoms with van der Waals surface area (Å²) in [4.78, 5) is 39.3. The average Bonchev–Trinajstić information content (AvgIpc) is 3.20. The van der Waals surface area contributed by atoms with Crippen LogP contribution in [0, 0.1) is 36.0 Å². The van der Waals surface area contributed by atoms with Gasteiger partial charge < -0.3 is 14.6 Å². The lowest BCUT2D eigenvalue weighted by molar-refractivity contribution is -0.645. The molecule has 0 unspecified atom stereocenters. The Balaban J connectivity index is 1.27. The average molecular weight is 864 g/mol. The van der Waals surface area contributed by atoms with Crippen molar-refractivity contribution in [3.8, 4) is 5.75 Å². The zero-order chi connectivity index (χ0) is 43.1. The lowest BCUT2D eigenvalue weighted by Gasteiger charge is -2.24. The molecular weight excluding hydrogens is 826 g/mol. The first-order valence-electron chi connectivity index (χ1n) is 18.3. The predicted molar refractivity (Wildman–Crippen MR) is 203 cm³/mol. The van der Waals surface area contributed by atoms with Crippen LogP contribution >= 0.6 is 0 Å². The van der Waals surface area contributed by atoms with Crippen LogP contribution in [0.15, 0.2) is 77.7 Å². The van der Waals surface area contributed by atoms with E-state index < -0.39 is 91.5 Å². The van der Waals surface area contributed by atoms with Gasteiger partial charge in [-0.2, -0.15) is 13.3 Å². The largest absolute Gasteiger partial charge is 0.748 e. The highest BCUT2D eigenvalue weighted by Gasteiger charge is 2.34. The number of aromatic nitrogens is 1. The van der Waals surface area contributed by atoms with Crippen LogP contribution in [0.4, 0.5) is 22.0 Å². The Morgan fingerprint density at radius 2 is 1.27 bits per heavy atom. The second-order valence-electron chi connectivity index (χ2n) is 13.5. The van der Waals surface area contributed by atoms with E-state index in [1.807, 2.05) is 0 Å². The lowest BCUT2D eigenvalue weighted by atomic mass is 10.0. The molecule has 1 aromatic heterocycles. The Kier molecular flexibility index (Phi) is 14.4. The van der Waals surface area contributed by atoms with Crippen LogP contribution in [0.25, 0.3) is 21.8 Å². The topological polar surface area (TPSA) is 171 Å². The molecule has 5 aromatic rings. The van der Waals surface area contributed by atoms with Crippen molar-refractivity contribution >= 4 is 59.7 Å². The van der Waals surface area contributed by atoms with Crippen LogP contribution in [0.3, 0.4) is 0 Å². The van der Waals surface area contributed by atoms with Gasteiger partial charge in [0.05, 0.1) is 31.3 Å². The molecule has 0 fully saturated rings. The van der Waals surface area contributed by atoms with Crippen molar-refractivity contribution in [3.63, 3.8) is 0 Å². The Hall–Kier alpha value is -5.53. The molecule has 0 bridgehead atoms. The van der Waals surface area contributed by atoms with Crippen LogP contribution in [0.5, 0.6) is 5.75 Å². The fourth-order valence-corrected chi connectivity index (χ4v) is 8.29. The fourth-order valence-electron chi connectivity index (χ4n) is 6.39. The van der Waals surface area contributed by atoms with Gasteiger partial charge >= 0.3 is 5.97 Å². The maximum atomic E-state index is 14.7. The number of hydrogen-bond acceptors (Lipinski definition) is 9. The van der Waals surface area contributed by atoms with E-state index in [2.05, 4.69) is 10.1 Å². The minimum atomic E-state index is -4.50. The smallest absolute Gasteiger partial charge is 0.311 e. The summed E-state index contributed by atoms with van der Waals surface area (Å²) in [5, 5.41) is 3.39. The Labute approximate surface area is 336 Å². The highest BCUT2D eigenvalue weighted by molar-refractivity contribution is 7.89. The number of ether oxygens (including phenoxy) is 1. The van der Waals surface area contributed by atoms with Crippen LogP contribution in [-0.4, -0.2) is 62.3 Å². The Morgan fingerprint density at radius 1 is 0.712 bits per heavy atom. The number of pyridine rings is 1. The molecule has 314 valence electrons. The third-order valence-electron chi connectivity index (χ3n) is 9.28. The third-order valence-corrected chi connectivity index (χ3v) is 11.9. The second kappa shape index (κ2) is 19.0. The standard InChI is InChI=1S/C40H38F5N3O9S2/c1-25-17-19-26(20-18-25)59(55,56)48(23-9-15-31(49)46-21-8-2-3-16-32(50)57-39-37(44)35(42)34(41)36(43)38(39)45)40(51)33-27-11-4-6-13-29(27)47(22-10-24-58(52,53)54)30-14-7-5-12-28(30)33/h4-7,11-14,17-20H,2-3,8-10,15-16,21-24H2,1H3,(H-,46,49,52,53,54). The first kappa shape index (κ1) is 44.6. The van der Waals surface area contributed by atoms with Gasteiger partial charge in [0.2, 0.25) is 51.8 Å². The summed E-state index contributed by atoms with van der Waals surface area (Å²) in [6.45, 7) is 1.59. The third kappa shape index (κ3) is 10.6. The van der Waals surface area contributed by atoms with Gasteiger partial charge in [-0.25, -0.2) is 34.3 Å². The maximum absolute atomic E-state index is 14.7. The number of nitrogens with zero attached hydrogens (tertiary/aromatic N) is 2. The van der Waals surface area contributed by atoms with Crippen LogP contribution < -0.4 is 14.6 Å². The summed E-state index contributed by atoms with van der Waals surface area (Å²) in [6, 6.07) is 19.3. The van der Waals surface area contributed by atoms with E-state index in [1.165, 1.54) is 12.1 Å². The SMILES string of the molecule is Cc1ccc(S(=O)(=O)N(CCCC(=O)NCCCCCC(=O)Oc2c(F)c(F)c(F)c(F)c2F)C(=O)c2c3ccccc3[n+](CCCS(=O)(=O)[O-])c3ccccc23)cc1. The molecule has 5 rings (SSSR count). The predicted octanol–water partition coefficient (Wildman–Crippen LogP) is 6.11. The van der Waals surface area contributed by atoms with E-state index in [0.29, 0.717) is 34.6 Å². The fraction of sp³-hybridized carbons (Fsp3) is 0.300. The minimum absolute atomic E-state index is 0.0155. The molecule has 59 heavy (non-hydrogen) atoms. The van der Waals surface area contributed by atoms with Crippen molar-refractivity contribution in [1.29, 1.82) is 0 Å². The van der Waals surface area contributed by atoms with E-state index in [0.717, 1.165) is 9.87 Å². The summed E-state index contributed by atoms with van der Waals surface area (Å²) < 4.78 is 137. The summed E-state index contributed by atoms with van der Waals surface area (Å²) >= 11 is 0. The number of halogens is 5. The first-order valence-corrected chi connectivity index (χ1v) is 21.3. The van der Waals surface area contributed by atoms with Gasteiger partial charge in [-0.1, -0.05) is 48.4 Å². The molecule has 19 heteroatoms. The summed E-state index contributed by atoms with van der Waals surface area (Å²) in [5.41, 5.74) is 1.81. The molecule has 0 atom stereocenters. The number of fused-ring (bicyclic) bond motifs is 2. The van der Waals surface area contributed by atoms with Crippen LogP contribution in [-0.2, 0) is 36.3 Å². The Bertz CT molecular complexity index is 2540. The van der Waals surface area contributed by atoms with Gasteiger partial charge in [0, 0.05) is 50.2 Å². The monoisotopic (exact) mass is 863 g/mol. The van der Waals surface area contributed by atoms with Crippen molar-refractivity contribution < 1.29 is 67.0 Å². The van der Waals surface area contributed by atoms with Gasteiger partial charge in [-0.3, -0.25) is 14.4 Å². The quantitative estimate of drug-likeness (QED) is 0.0126. The molecule has 12 nitrogen and oxygen atoms in total. The van der Waals surface area contributed by atoms with Gasteiger partial charge in [0.25, 0.3) is 15.9 Å². The zero-order valence-corrected chi connectivity index (χ0v) is 33.1. The Morgan fingerprint density at radius 3 is 1.85 bits per heavy atom. The molecule has 1 N–H and O–H groups in total. The number of amides is 2. The van der Waals surface area contributed by atoms with Gasteiger partial charge in [-0.15, -0.1) is 0 Å². The number of carbonyl (C=O) groups excluding carboxylic acids is 3. The number of unbranched alkanes of at least 4 members (excludes halogenated alkanes) is 2. The lowest BCUT2D eigenvalue weighted by Crippen LogP contribution is -2.41. The van der Waals surface area contributed by atoms with E-state index in [1.54, 1.807) is 72.2 Å². The van der Waals surface area contributed by atoms with Crippen molar-refractivity contribution in [2.75, 3.05) is 18.8 Å². The number of hydrogen-bond donors (Lipinski definition) is 1. The first-order chi connectivity index (χ1) is 27.9. The number of sulfonamides is 1. The van der Waals surface area contributed by atoms with Crippen molar-refractivity contribution in [2.24, 2.45) is 0 Å². The molecule has 4 aromatic carbocycles. The number of rotatable bonds is 18. The van der Waals surface area contributed by atoms with Crippen LogP contribution in [0.1, 0.15) is 60.9 Å². The molecule has 0 saturated heterocycles. The van der Waals surface area contributed by atoms with Crippen LogP contribution in [0.2, 0.25) is 0 Å². The molecule has 0 spiro atoms. The normalized spacial score (nSPS) is 11.8. The zero-order valence-electron chi connectivity index (χ0n) is 31.5. The molecule has 1 heterocycles. The van der Waals surface area contributed by atoms with E-state index in [4.69, 9.17) is 0 Å². The molecule has 2 amide bonds. The second-order valence-corrected chi connectivity index (χ2v) is 16.9. The number of nitrogens with one attached hydrogen (secondary N) is 1. The summed E-state index contributed by atoms with van der Waals surface area (Å²) in [5.74, 6) is -16.4. The molecule has 0 aliphatic carbocycles. The highest BCUT2D eigenvalue weighted by Crippen LogP contribution is 2.31. The van der Waals surface area contributed by atoms with Crippen molar-refractivity contribution in [2.45, 2.75) is 63.3 Å². The van der Waals surface area contributed by atoms with Gasteiger partial charge in [0.1, 0.15) is 0 Å². The highest BCUT2D eigenvalue weighted by atomic mass is 32.2. The molecule has 0 saturated carbocycles. The van der Waals surface area contributed by atoms with E-state index >= 15 is 0 Å². The molecular formula is C40H38F5N3O9S2. The van der Waals surface area contributed by atoms with E-state index in [9.17, 15) is 57.7 Å².